The number of aromatic amines is 1. The summed E-state index contributed by atoms with van der Waals surface area (Å²) >= 11 is 0. The van der Waals surface area contributed by atoms with Crippen molar-refractivity contribution in [1.82, 2.24) is 20.2 Å². The normalized spacial score (nSPS) is 12.8. The Kier molecular flexibility index (Phi) is 3.56. The van der Waals surface area contributed by atoms with Gasteiger partial charge in [0.25, 0.3) is 0 Å². The Morgan fingerprint density at radius 1 is 1.40 bits per heavy atom. The van der Waals surface area contributed by atoms with Crippen molar-refractivity contribution >= 4 is 5.82 Å². The highest BCUT2D eigenvalue weighted by atomic mass is 19.4. The molecular formula is C11H9F3N6. The molecule has 2 N–H and O–H groups in total. The maximum atomic E-state index is 12.6. The van der Waals surface area contributed by atoms with Gasteiger partial charge in [-0.2, -0.15) is 23.5 Å². The molecule has 2 rings (SSSR count). The highest BCUT2D eigenvalue weighted by Gasteiger charge is 2.33. The van der Waals surface area contributed by atoms with Gasteiger partial charge in [-0.1, -0.05) is 0 Å². The van der Waals surface area contributed by atoms with Gasteiger partial charge in [-0.15, -0.1) is 0 Å². The van der Waals surface area contributed by atoms with Gasteiger partial charge >= 0.3 is 6.18 Å². The molecule has 2 aromatic rings. The van der Waals surface area contributed by atoms with E-state index in [1.165, 1.54) is 6.33 Å². The van der Waals surface area contributed by atoms with E-state index < -0.39 is 17.9 Å². The number of nitrogens with one attached hydrogen (secondary N) is 2. The predicted octanol–water partition coefficient (Wildman–Crippen LogP) is 2.26. The average Bonchev–Trinajstić information content (AvgIpc) is 2.91. The standard InChI is InChI=1S/C11H9F3N6/c1-6(9-16-5-17-20-9)18-10-7(4-15)2-3-8(19-10)11(12,13)14/h2-3,5-6H,1H3,(H,18,19)(H,16,17,20). The van der Waals surface area contributed by atoms with Crippen molar-refractivity contribution in [3.05, 3.63) is 35.5 Å². The first kappa shape index (κ1) is 13.8. The van der Waals surface area contributed by atoms with Gasteiger partial charge in [0.2, 0.25) is 0 Å². The Bertz CT molecular complexity index is 629. The average molecular weight is 282 g/mol. The summed E-state index contributed by atoms with van der Waals surface area (Å²) in [6.07, 6.45) is -3.29. The van der Waals surface area contributed by atoms with E-state index in [9.17, 15) is 13.2 Å². The first-order valence-corrected chi connectivity index (χ1v) is 5.52. The van der Waals surface area contributed by atoms with Crippen LogP contribution in [-0.2, 0) is 6.18 Å². The SMILES string of the molecule is CC(Nc1nc(C(F)(F)F)ccc1C#N)c1ncn[nH]1. The molecule has 0 amide bonds. The van der Waals surface area contributed by atoms with Crippen LogP contribution >= 0.6 is 0 Å². The lowest BCUT2D eigenvalue weighted by molar-refractivity contribution is -0.141. The minimum atomic E-state index is -4.57. The Morgan fingerprint density at radius 2 is 2.15 bits per heavy atom. The topological polar surface area (TPSA) is 90.3 Å². The fourth-order valence-electron chi connectivity index (χ4n) is 1.51. The summed E-state index contributed by atoms with van der Waals surface area (Å²) in [5, 5.41) is 17.8. The van der Waals surface area contributed by atoms with Crippen molar-refractivity contribution in [3.63, 3.8) is 0 Å². The van der Waals surface area contributed by atoms with Crippen molar-refractivity contribution in [2.75, 3.05) is 5.32 Å². The lowest BCUT2D eigenvalue weighted by Gasteiger charge is -2.14. The third-order valence-corrected chi connectivity index (χ3v) is 2.50. The number of aromatic nitrogens is 4. The lowest BCUT2D eigenvalue weighted by Crippen LogP contribution is -2.14. The Balaban J connectivity index is 2.32. The molecule has 1 unspecified atom stereocenters. The molecule has 0 saturated carbocycles. The minimum Gasteiger partial charge on any atom is -0.359 e. The number of nitriles is 1. The van der Waals surface area contributed by atoms with Gasteiger partial charge in [-0.3, -0.25) is 5.10 Å². The zero-order chi connectivity index (χ0) is 14.8. The van der Waals surface area contributed by atoms with E-state index in [-0.39, 0.29) is 11.4 Å². The van der Waals surface area contributed by atoms with E-state index in [0.717, 1.165) is 12.1 Å². The first-order chi connectivity index (χ1) is 9.41. The molecule has 0 aliphatic heterocycles. The molecule has 9 heteroatoms. The highest BCUT2D eigenvalue weighted by molar-refractivity contribution is 5.53. The predicted molar refractivity (Wildman–Crippen MR) is 62.4 cm³/mol. The van der Waals surface area contributed by atoms with Crippen molar-refractivity contribution in [1.29, 1.82) is 5.26 Å². The van der Waals surface area contributed by atoms with E-state index in [4.69, 9.17) is 5.26 Å². The van der Waals surface area contributed by atoms with E-state index >= 15 is 0 Å². The molecule has 2 heterocycles. The van der Waals surface area contributed by atoms with Gasteiger partial charge in [-0.05, 0) is 19.1 Å². The van der Waals surface area contributed by atoms with Gasteiger partial charge in [0, 0.05) is 0 Å². The zero-order valence-electron chi connectivity index (χ0n) is 10.2. The summed E-state index contributed by atoms with van der Waals surface area (Å²) in [5.41, 5.74) is -1.05. The number of hydrogen-bond donors (Lipinski definition) is 2. The molecule has 0 fully saturated rings. The number of H-pyrrole nitrogens is 1. The van der Waals surface area contributed by atoms with Crippen LogP contribution in [0.15, 0.2) is 18.5 Å². The monoisotopic (exact) mass is 282 g/mol. The second kappa shape index (κ2) is 5.16. The fourth-order valence-corrected chi connectivity index (χ4v) is 1.51. The van der Waals surface area contributed by atoms with E-state index in [2.05, 4.69) is 25.5 Å². The zero-order valence-corrected chi connectivity index (χ0v) is 10.2. The van der Waals surface area contributed by atoms with Crippen LogP contribution in [0.1, 0.15) is 30.0 Å². The van der Waals surface area contributed by atoms with Crippen LogP contribution in [0.25, 0.3) is 0 Å². The second-order valence-corrected chi connectivity index (χ2v) is 3.94. The van der Waals surface area contributed by atoms with Crippen LogP contribution in [0.3, 0.4) is 0 Å². The molecule has 0 aromatic carbocycles. The number of alkyl halides is 3. The van der Waals surface area contributed by atoms with Gasteiger partial charge in [0.1, 0.15) is 29.7 Å². The fraction of sp³-hybridized carbons (Fsp3) is 0.273. The molecule has 6 nitrogen and oxygen atoms in total. The second-order valence-electron chi connectivity index (χ2n) is 3.94. The summed E-state index contributed by atoms with van der Waals surface area (Å²) in [7, 11) is 0. The Labute approximate surface area is 111 Å². The van der Waals surface area contributed by atoms with Crippen LogP contribution in [0.4, 0.5) is 19.0 Å². The number of anilines is 1. The Morgan fingerprint density at radius 3 is 2.70 bits per heavy atom. The van der Waals surface area contributed by atoms with Crippen LogP contribution in [0.2, 0.25) is 0 Å². The summed E-state index contributed by atoms with van der Waals surface area (Å²) in [5.74, 6) is 0.277. The van der Waals surface area contributed by atoms with Gasteiger partial charge in [0.15, 0.2) is 0 Å². The molecule has 0 spiro atoms. The summed E-state index contributed by atoms with van der Waals surface area (Å²) in [6.45, 7) is 1.66. The van der Waals surface area contributed by atoms with Crippen molar-refractivity contribution in [2.45, 2.75) is 19.1 Å². The maximum absolute atomic E-state index is 12.6. The summed E-state index contributed by atoms with van der Waals surface area (Å²) in [6, 6.07) is 3.16. The number of pyridine rings is 1. The number of hydrogen-bond acceptors (Lipinski definition) is 5. The quantitative estimate of drug-likeness (QED) is 0.901. The summed E-state index contributed by atoms with van der Waals surface area (Å²) in [4.78, 5) is 7.32. The largest absolute Gasteiger partial charge is 0.433 e. The third kappa shape index (κ3) is 2.85. The summed E-state index contributed by atoms with van der Waals surface area (Å²) < 4.78 is 37.8. The molecule has 0 radical (unpaired) electrons. The number of halogens is 3. The van der Waals surface area contributed by atoms with Crippen LogP contribution in [-0.4, -0.2) is 20.2 Å². The maximum Gasteiger partial charge on any atom is 0.433 e. The Hall–Kier alpha value is -2.63. The molecule has 2 aromatic heterocycles. The van der Waals surface area contributed by atoms with Crippen molar-refractivity contribution < 1.29 is 13.2 Å². The molecule has 1 atom stereocenters. The molecule has 20 heavy (non-hydrogen) atoms. The first-order valence-electron chi connectivity index (χ1n) is 5.52. The molecule has 0 aliphatic carbocycles. The van der Waals surface area contributed by atoms with Crippen molar-refractivity contribution in [3.8, 4) is 6.07 Å². The van der Waals surface area contributed by atoms with Gasteiger partial charge < -0.3 is 5.32 Å². The molecule has 0 aliphatic rings. The van der Waals surface area contributed by atoms with E-state index in [1.54, 1.807) is 13.0 Å². The third-order valence-electron chi connectivity index (χ3n) is 2.50. The molecule has 0 saturated heterocycles. The van der Waals surface area contributed by atoms with Crippen LogP contribution in [0, 0.1) is 11.3 Å². The number of rotatable bonds is 3. The smallest absolute Gasteiger partial charge is 0.359 e. The van der Waals surface area contributed by atoms with Crippen LogP contribution in [0.5, 0.6) is 0 Å². The van der Waals surface area contributed by atoms with Crippen LogP contribution < -0.4 is 5.32 Å². The van der Waals surface area contributed by atoms with E-state index in [1.807, 2.05) is 0 Å². The molecule has 0 bridgehead atoms. The van der Waals surface area contributed by atoms with Gasteiger partial charge in [-0.25, -0.2) is 9.97 Å². The highest BCUT2D eigenvalue weighted by Crippen LogP contribution is 2.30. The lowest BCUT2D eigenvalue weighted by atomic mass is 10.2. The van der Waals surface area contributed by atoms with Gasteiger partial charge in [0.05, 0.1) is 11.6 Å². The number of nitrogens with zero attached hydrogens (tertiary/aromatic N) is 4. The van der Waals surface area contributed by atoms with Crippen molar-refractivity contribution in [2.24, 2.45) is 0 Å². The molecular weight excluding hydrogens is 273 g/mol. The van der Waals surface area contributed by atoms with E-state index in [0.29, 0.717) is 5.82 Å². The minimum absolute atomic E-state index is 0.0179. The molecule has 104 valence electrons.